The third-order valence-electron chi connectivity index (χ3n) is 1.65. The summed E-state index contributed by atoms with van der Waals surface area (Å²) < 4.78 is 0. The molecule has 0 spiro atoms. The van der Waals surface area contributed by atoms with Gasteiger partial charge in [0.15, 0.2) is 0 Å². The van der Waals surface area contributed by atoms with E-state index in [4.69, 9.17) is 16.6 Å². The first-order valence-electron chi connectivity index (χ1n) is 3.33. The van der Waals surface area contributed by atoms with Crippen LogP contribution < -0.4 is 11.5 Å². The first kappa shape index (κ1) is 9.84. The minimum absolute atomic E-state index is 0.0166. The number of rotatable bonds is 4. The van der Waals surface area contributed by atoms with Crippen LogP contribution in [0.3, 0.4) is 0 Å². The quantitative estimate of drug-likeness (QED) is 0.386. The zero-order valence-electron chi connectivity index (χ0n) is 6.25. The van der Waals surface area contributed by atoms with Crippen LogP contribution in [0.25, 0.3) is 0 Å². The third-order valence-corrected chi connectivity index (χ3v) is 1.65. The van der Waals surface area contributed by atoms with Gasteiger partial charge in [-0.05, 0) is 13.3 Å². The monoisotopic (exact) mass is 148 g/mol. The smallest absolute Gasteiger partial charge is 0.0892 e. The van der Waals surface area contributed by atoms with Gasteiger partial charge in [0.2, 0.25) is 0 Å². The maximum atomic E-state index is 9.36. The van der Waals surface area contributed by atoms with Crippen LogP contribution in [0, 0.1) is 0 Å². The van der Waals surface area contributed by atoms with Crippen LogP contribution >= 0.6 is 0 Å². The zero-order valence-corrected chi connectivity index (χ0v) is 6.25. The number of aliphatic hydroxyl groups is 2. The molecule has 0 bridgehead atoms. The highest BCUT2D eigenvalue weighted by Gasteiger charge is 2.26. The largest absolute Gasteiger partial charge is 0.396 e. The topological polar surface area (TPSA) is 92.5 Å². The van der Waals surface area contributed by atoms with Crippen LogP contribution in [0.4, 0.5) is 0 Å². The lowest BCUT2D eigenvalue weighted by atomic mass is 9.95. The van der Waals surface area contributed by atoms with Crippen molar-refractivity contribution in [1.82, 2.24) is 0 Å². The van der Waals surface area contributed by atoms with E-state index in [1.165, 1.54) is 0 Å². The number of nitrogens with two attached hydrogens (primary N) is 2. The van der Waals surface area contributed by atoms with Crippen LogP contribution in [-0.4, -0.2) is 35.0 Å². The second-order valence-electron chi connectivity index (χ2n) is 2.68. The second kappa shape index (κ2) is 3.88. The van der Waals surface area contributed by atoms with Gasteiger partial charge in [-0.1, -0.05) is 0 Å². The van der Waals surface area contributed by atoms with Gasteiger partial charge in [0.25, 0.3) is 0 Å². The van der Waals surface area contributed by atoms with Crippen LogP contribution in [0.1, 0.15) is 13.3 Å². The lowest BCUT2D eigenvalue weighted by molar-refractivity contribution is 0.0329. The van der Waals surface area contributed by atoms with Gasteiger partial charge in [-0.3, -0.25) is 0 Å². The molecule has 0 aliphatic carbocycles. The van der Waals surface area contributed by atoms with E-state index in [1.807, 2.05) is 0 Å². The molecule has 0 fully saturated rings. The average molecular weight is 148 g/mol. The van der Waals surface area contributed by atoms with E-state index in [0.717, 1.165) is 0 Å². The molecule has 0 radical (unpaired) electrons. The Morgan fingerprint density at radius 3 is 2.40 bits per heavy atom. The number of aliphatic hydroxyl groups excluding tert-OH is 1. The van der Waals surface area contributed by atoms with E-state index in [2.05, 4.69) is 0 Å². The molecule has 0 aliphatic rings. The molecule has 2 atom stereocenters. The number of hydrogen-bond donors (Lipinski definition) is 4. The summed E-state index contributed by atoms with van der Waals surface area (Å²) >= 11 is 0. The normalized spacial score (nSPS) is 20.1. The molecule has 2 unspecified atom stereocenters. The van der Waals surface area contributed by atoms with E-state index in [9.17, 15) is 5.11 Å². The summed E-state index contributed by atoms with van der Waals surface area (Å²) in [5.41, 5.74) is 9.66. The van der Waals surface area contributed by atoms with Gasteiger partial charge in [0, 0.05) is 19.2 Å². The van der Waals surface area contributed by atoms with Crippen molar-refractivity contribution in [3.05, 3.63) is 0 Å². The fourth-order valence-electron chi connectivity index (χ4n) is 0.601. The summed E-state index contributed by atoms with van der Waals surface area (Å²) in [5.74, 6) is 0. The fraction of sp³-hybridized carbons (Fsp3) is 1.00. The van der Waals surface area contributed by atoms with Gasteiger partial charge in [0.1, 0.15) is 0 Å². The van der Waals surface area contributed by atoms with Gasteiger partial charge in [-0.2, -0.15) is 0 Å². The predicted molar refractivity (Wildman–Crippen MR) is 39.4 cm³/mol. The summed E-state index contributed by atoms with van der Waals surface area (Å²) in [5, 5.41) is 17.8. The van der Waals surface area contributed by atoms with Gasteiger partial charge >= 0.3 is 0 Å². The summed E-state index contributed by atoms with van der Waals surface area (Å²) in [4.78, 5) is 0. The molecule has 62 valence electrons. The minimum Gasteiger partial charge on any atom is -0.396 e. The summed E-state index contributed by atoms with van der Waals surface area (Å²) in [6.45, 7) is 1.67. The maximum absolute atomic E-state index is 9.36. The Kier molecular flexibility index (Phi) is 3.81. The molecule has 4 heteroatoms. The van der Waals surface area contributed by atoms with Crippen molar-refractivity contribution in [1.29, 1.82) is 0 Å². The average Bonchev–Trinajstić information content (AvgIpc) is 1.89. The Labute approximate surface area is 60.8 Å². The molecule has 0 aromatic carbocycles. The van der Waals surface area contributed by atoms with Crippen molar-refractivity contribution in [3.63, 3.8) is 0 Å². The van der Waals surface area contributed by atoms with Gasteiger partial charge in [0.05, 0.1) is 5.60 Å². The van der Waals surface area contributed by atoms with E-state index >= 15 is 0 Å². The molecule has 4 nitrogen and oxygen atoms in total. The molecule has 0 aromatic rings. The van der Waals surface area contributed by atoms with Crippen LogP contribution in [0.2, 0.25) is 0 Å². The van der Waals surface area contributed by atoms with E-state index in [1.54, 1.807) is 6.92 Å². The first-order chi connectivity index (χ1) is 4.54. The van der Waals surface area contributed by atoms with Crippen LogP contribution in [0.15, 0.2) is 0 Å². The molecule has 0 aliphatic heterocycles. The molecule has 0 saturated heterocycles. The SMILES string of the molecule is CC(O)(CN)C(N)CCO. The van der Waals surface area contributed by atoms with Crippen LogP contribution in [-0.2, 0) is 0 Å². The third kappa shape index (κ3) is 2.62. The van der Waals surface area contributed by atoms with Gasteiger partial charge in [-0.15, -0.1) is 0 Å². The molecule has 0 heterocycles. The van der Waals surface area contributed by atoms with E-state index < -0.39 is 11.6 Å². The zero-order chi connectivity index (χ0) is 8.20. The fourth-order valence-corrected chi connectivity index (χ4v) is 0.601. The lowest BCUT2D eigenvalue weighted by Crippen LogP contribution is -2.51. The minimum atomic E-state index is -1.05. The van der Waals surface area contributed by atoms with Crippen molar-refractivity contribution in [2.24, 2.45) is 11.5 Å². The van der Waals surface area contributed by atoms with E-state index in [0.29, 0.717) is 6.42 Å². The Morgan fingerprint density at radius 2 is 2.10 bits per heavy atom. The van der Waals surface area contributed by atoms with Crippen molar-refractivity contribution in [2.75, 3.05) is 13.2 Å². The molecule has 10 heavy (non-hydrogen) atoms. The van der Waals surface area contributed by atoms with E-state index in [-0.39, 0.29) is 13.2 Å². The van der Waals surface area contributed by atoms with Gasteiger partial charge in [-0.25, -0.2) is 0 Å². The molecule has 0 rings (SSSR count). The summed E-state index contributed by atoms with van der Waals surface area (Å²) in [7, 11) is 0. The maximum Gasteiger partial charge on any atom is 0.0892 e. The van der Waals surface area contributed by atoms with Crippen molar-refractivity contribution >= 4 is 0 Å². The highest BCUT2D eigenvalue weighted by Crippen LogP contribution is 2.07. The number of hydrogen-bond acceptors (Lipinski definition) is 4. The Morgan fingerprint density at radius 1 is 1.60 bits per heavy atom. The standard InChI is InChI=1S/C6H16N2O2/c1-6(10,4-7)5(8)2-3-9/h5,9-10H,2-4,7-8H2,1H3. The van der Waals surface area contributed by atoms with Crippen molar-refractivity contribution < 1.29 is 10.2 Å². The molecule has 0 aromatic heterocycles. The Hall–Kier alpha value is -0.160. The Bertz CT molecular complexity index is 95.7. The second-order valence-corrected chi connectivity index (χ2v) is 2.68. The summed E-state index contributed by atoms with van der Waals surface area (Å²) in [6, 6.07) is -0.442. The molecular weight excluding hydrogens is 132 g/mol. The molecule has 6 N–H and O–H groups in total. The summed E-state index contributed by atoms with van der Waals surface area (Å²) in [6.07, 6.45) is 0.379. The highest BCUT2D eigenvalue weighted by molar-refractivity contribution is 4.85. The lowest BCUT2D eigenvalue weighted by Gasteiger charge is -2.27. The van der Waals surface area contributed by atoms with Crippen molar-refractivity contribution in [3.8, 4) is 0 Å². The van der Waals surface area contributed by atoms with Gasteiger partial charge < -0.3 is 21.7 Å². The van der Waals surface area contributed by atoms with Crippen molar-refractivity contribution in [2.45, 2.75) is 25.0 Å². The molecule has 0 saturated carbocycles. The highest BCUT2D eigenvalue weighted by atomic mass is 16.3. The molecule has 0 amide bonds. The Balaban J connectivity index is 3.78. The molecular formula is C6H16N2O2. The first-order valence-corrected chi connectivity index (χ1v) is 3.33. The van der Waals surface area contributed by atoms with Crippen LogP contribution in [0.5, 0.6) is 0 Å². The predicted octanol–water partition coefficient (Wildman–Crippen LogP) is -1.59.